The highest BCUT2D eigenvalue weighted by Gasteiger charge is 2.25. The van der Waals surface area contributed by atoms with Crippen LogP contribution in [-0.2, 0) is 0 Å². The van der Waals surface area contributed by atoms with Crippen LogP contribution in [0.5, 0.6) is 0 Å². The smallest absolute Gasteiger partial charge is 0.0696 e. The molecule has 78 valence electrons. The topological polar surface area (TPSA) is 23.8 Å². The summed E-state index contributed by atoms with van der Waals surface area (Å²) in [5, 5.41) is 9.21. The molecule has 14 heavy (non-hydrogen) atoms. The van der Waals surface area contributed by atoms with Crippen molar-refractivity contribution in [3.8, 4) is 6.07 Å². The van der Waals surface area contributed by atoms with Crippen molar-refractivity contribution in [1.29, 1.82) is 5.26 Å². The van der Waals surface area contributed by atoms with Gasteiger partial charge in [0.25, 0.3) is 0 Å². The fourth-order valence-electron chi connectivity index (χ4n) is 1.67. The number of hydrogen-bond donors (Lipinski definition) is 0. The van der Waals surface area contributed by atoms with Gasteiger partial charge < -0.3 is 0 Å². The Labute approximate surface area is 88.1 Å². The summed E-state index contributed by atoms with van der Waals surface area (Å²) >= 11 is 0. The Morgan fingerprint density at radius 3 is 2.43 bits per heavy atom. The third-order valence-electron chi connectivity index (χ3n) is 2.41. The normalized spacial score (nSPS) is 14.9. The maximum Gasteiger partial charge on any atom is 0.0696 e. The summed E-state index contributed by atoms with van der Waals surface area (Å²) < 4.78 is 0. The van der Waals surface area contributed by atoms with Crippen molar-refractivity contribution >= 4 is 0 Å². The minimum absolute atomic E-state index is 0.206. The zero-order valence-corrected chi connectivity index (χ0v) is 9.42. The molecule has 0 aromatic rings. The average Bonchev–Trinajstić information content (AvgIpc) is 2.19. The molecule has 0 heterocycles. The largest absolute Gasteiger partial charge is 0.198 e. The second kappa shape index (κ2) is 7.38. The first-order valence-corrected chi connectivity index (χ1v) is 5.41. The molecule has 0 N–H and O–H groups in total. The van der Waals surface area contributed by atoms with Gasteiger partial charge in [0, 0.05) is 0 Å². The predicted molar refractivity (Wildman–Crippen MR) is 61.8 cm³/mol. The van der Waals surface area contributed by atoms with E-state index in [0.717, 1.165) is 32.1 Å². The highest BCUT2D eigenvalue weighted by molar-refractivity contribution is 5.06. The van der Waals surface area contributed by atoms with Crippen molar-refractivity contribution in [3.05, 3.63) is 24.8 Å². The Bertz CT molecular complexity index is 222. The van der Waals surface area contributed by atoms with Gasteiger partial charge in [0.15, 0.2) is 0 Å². The van der Waals surface area contributed by atoms with Crippen molar-refractivity contribution in [3.63, 3.8) is 0 Å². The van der Waals surface area contributed by atoms with Crippen LogP contribution < -0.4 is 0 Å². The molecule has 0 aromatic carbocycles. The van der Waals surface area contributed by atoms with E-state index >= 15 is 0 Å². The van der Waals surface area contributed by atoms with Crippen LogP contribution >= 0.6 is 0 Å². The molecule has 0 aliphatic carbocycles. The summed E-state index contributed by atoms with van der Waals surface area (Å²) in [5.74, 6) is 0. The molecule has 0 saturated carbocycles. The molecule has 0 aliphatic heterocycles. The monoisotopic (exact) mass is 191 g/mol. The predicted octanol–water partition coefficient (Wildman–Crippen LogP) is 4.23. The Balaban J connectivity index is 4.41. The molecule has 0 spiro atoms. The minimum atomic E-state index is -0.206. The third kappa shape index (κ3) is 4.28. The first-order chi connectivity index (χ1) is 6.74. The van der Waals surface area contributed by atoms with Crippen molar-refractivity contribution in [2.45, 2.75) is 46.0 Å². The number of allylic oxidation sites excluding steroid dienone is 3. The summed E-state index contributed by atoms with van der Waals surface area (Å²) in [6, 6.07) is 2.45. The van der Waals surface area contributed by atoms with Gasteiger partial charge in [0.1, 0.15) is 0 Å². The van der Waals surface area contributed by atoms with Crippen LogP contribution in [0, 0.1) is 16.7 Å². The number of rotatable bonds is 7. The highest BCUT2D eigenvalue weighted by atomic mass is 14.4. The van der Waals surface area contributed by atoms with Crippen molar-refractivity contribution < 1.29 is 0 Å². The fraction of sp³-hybridized carbons (Fsp3) is 0.615. The van der Waals surface area contributed by atoms with Gasteiger partial charge in [-0.15, -0.1) is 6.58 Å². The van der Waals surface area contributed by atoms with E-state index in [1.54, 1.807) is 0 Å². The van der Waals surface area contributed by atoms with Crippen LogP contribution in [-0.4, -0.2) is 0 Å². The van der Waals surface area contributed by atoms with Crippen molar-refractivity contribution in [2.24, 2.45) is 5.41 Å². The maximum absolute atomic E-state index is 9.21. The summed E-state index contributed by atoms with van der Waals surface area (Å²) in [5.41, 5.74) is -0.206. The minimum Gasteiger partial charge on any atom is -0.198 e. The van der Waals surface area contributed by atoms with E-state index in [2.05, 4.69) is 38.6 Å². The van der Waals surface area contributed by atoms with Crippen LogP contribution in [0.25, 0.3) is 0 Å². The molecule has 0 amide bonds. The lowest BCUT2D eigenvalue weighted by molar-refractivity contribution is 0.368. The molecule has 0 radical (unpaired) electrons. The summed E-state index contributed by atoms with van der Waals surface area (Å²) in [4.78, 5) is 0. The molecule has 1 atom stereocenters. The third-order valence-corrected chi connectivity index (χ3v) is 2.41. The standard InChI is InChI=1S/C13H21N/c1-4-7-8-11-13(12-14,9-5-2)10-6-3/h5,7-8H,2,4,6,9-11H2,1,3H3. The molecule has 1 heteroatoms. The lowest BCUT2D eigenvalue weighted by Gasteiger charge is -2.22. The van der Waals surface area contributed by atoms with E-state index in [1.165, 1.54) is 0 Å². The lowest BCUT2D eigenvalue weighted by Crippen LogP contribution is -2.16. The number of hydrogen-bond acceptors (Lipinski definition) is 1. The molecular formula is C13H21N. The van der Waals surface area contributed by atoms with Crippen LogP contribution in [0.2, 0.25) is 0 Å². The summed E-state index contributed by atoms with van der Waals surface area (Å²) in [7, 11) is 0. The highest BCUT2D eigenvalue weighted by Crippen LogP contribution is 2.32. The van der Waals surface area contributed by atoms with Gasteiger partial charge >= 0.3 is 0 Å². The van der Waals surface area contributed by atoms with Gasteiger partial charge in [-0.3, -0.25) is 0 Å². The van der Waals surface area contributed by atoms with E-state index in [4.69, 9.17) is 0 Å². The summed E-state index contributed by atoms with van der Waals surface area (Å²) in [6.07, 6.45) is 10.8. The lowest BCUT2D eigenvalue weighted by atomic mass is 9.78. The van der Waals surface area contributed by atoms with Gasteiger partial charge in [-0.2, -0.15) is 5.26 Å². The maximum atomic E-state index is 9.21. The van der Waals surface area contributed by atoms with Crippen LogP contribution in [0.1, 0.15) is 46.0 Å². The molecule has 0 aliphatic rings. The van der Waals surface area contributed by atoms with Gasteiger partial charge in [-0.1, -0.05) is 38.5 Å². The van der Waals surface area contributed by atoms with Crippen molar-refractivity contribution in [1.82, 2.24) is 0 Å². The quantitative estimate of drug-likeness (QED) is 0.552. The van der Waals surface area contributed by atoms with E-state index in [0.29, 0.717) is 0 Å². The summed E-state index contributed by atoms with van der Waals surface area (Å²) in [6.45, 7) is 7.96. The molecular weight excluding hydrogens is 170 g/mol. The molecule has 0 aromatic heterocycles. The van der Waals surface area contributed by atoms with E-state index in [9.17, 15) is 5.26 Å². The molecule has 0 saturated heterocycles. The Hall–Kier alpha value is -1.03. The fourth-order valence-corrected chi connectivity index (χ4v) is 1.67. The van der Waals surface area contributed by atoms with Gasteiger partial charge in [-0.05, 0) is 25.7 Å². The van der Waals surface area contributed by atoms with Gasteiger partial charge in [0.05, 0.1) is 11.5 Å². The van der Waals surface area contributed by atoms with E-state index in [1.807, 2.05) is 6.08 Å². The first-order valence-electron chi connectivity index (χ1n) is 5.41. The first kappa shape index (κ1) is 13.0. The SMILES string of the molecule is C=CCC(C#N)(CC=CCC)CCC. The Morgan fingerprint density at radius 1 is 1.29 bits per heavy atom. The molecule has 1 nitrogen and oxygen atoms in total. The number of nitriles is 1. The Kier molecular flexibility index (Phi) is 6.84. The second-order valence-corrected chi connectivity index (χ2v) is 3.72. The van der Waals surface area contributed by atoms with Crippen LogP contribution in [0.3, 0.4) is 0 Å². The molecule has 0 fully saturated rings. The van der Waals surface area contributed by atoms with E-state index < -0.39 is 0 Å². The molecule has 0 rings (SSSR count). The zero-order valence-electron chi connectivity index (χ0n) is 9.42. The Morgan fingerprint density at radius 2 is 2.00 bits per heavy atom. The van der Waals surface area contributed by atoms with Gasteiger partial charge in [0.2, 0.25) is 0 Å². The van der Waals surface area contributed by atoms with Crippen LogP contribution in [0.4, 0.5) is 0 Å². The van der Waals surface area contributed by atoms with Crippen LogP contribution in [0.15, 0.2) is 24.8 Å². The van der Waals surface area contributed by atoms with Crippen molar-refractivity contribution in [2.75, 3.05) is 0 Å². The number of nitrogens with zero attached hydrogens (tertiary/aromatic N) is 1. The average molecular weight is 191 g/mol. The van der Waals surface area contributed by atoms with E-state index in [-0.39, 0.29) is 5.41 Å². The van der Waals surface area contributed by atoms with Gasteiger partial charge in [-0.25, -0.2) is 0 Å². The zero-order chi connectivity index (χ0) is 10.9. The second-order valence-electron chi connectivity index (χ2n) is 3.72. The molecule has 0 bridgehead atoms. The molecule has 1 unspecified atom stereocenters.